The standard InChI is InChI=1S/C14H19NO2S/c1-15(11-4-2-3-5-11)10-13-7-6-12(18-13)8-9-14(16)17/h6-9,11H,2-5,10H2,1H3,(H,16,17). The maximum absolute atomic E-state index is 10.4. The number of nitrogens with zero attached hydrogens (tertiary/aromatic N) is 1. The quantitative estimate of drug-likeness (QED) is 0.831. The average Bonchev–Trinajstić information content (AvgIpc) is 2.97. The van der Waals surface area contributed by atoms with Gasteiger partial charge in [-0.05, 0) is 38.1 Å². The van der Waals surface area contributed by atoms with Crippen LogP contribution in [0, 0.1) is 0 Å². The molecule has 0 aliphatic heterocycles. The molecule has 98 valence electrons. The summed E-state index contributed by atoms with van der Waals surface area (Å²) < 4.78 is 0. The molecule has 1 aliphatic rings. The second kappa shape index (κ2) is 6.16. The van der Waals surface area contributed by atoms with Crippen LogP contribution in [0.3, 0.4) is 0 Å². The van der Waals surface area contributed by atoms with Gasteiger partial charge in [-0.2, -0.15) is 0 Å². The SMILES string of the molecule is CN(Cc1ccc(C=CC(=O)O)s1)C1CCCC1. The number of carboxylic acid groups (broad SMARTS) is 1. The Hall–Kier alpha value is -1.13. The molecule has 0 spiro atoms. The summed E-state index contributed by atoms with van der Waals surface area (Å²) in [6, 6.07) is 4.81. The van der Waals surface area contributed by atoms with Gasteiger partial charge in [-0.1, -0.05) is 12.8 Å². The fourth-order valence-corrected chi connectivity index (χ4v) is 3.42. The number of aliphatic carboxylic acids is 1. The first kappa shape index (κ1) is 13.3. The molecule has 0 radical (unpaired) electrons. The summed E-state index contributed by atoms with van der Waals surface area (Å²) in [5, 5.41) is 8.58. The first-order valence-electron chi connectivity index (χ1n) is 6.35. The molecule has 1 N–H and O–H groups in total. The maximum atomic E-state index is 10.4. The minimum Gasteiger partial charge on any atom is -0.478 e. The van der Waals surface area contributed by atoms with Crippen LogP contribution in [0.1, 0.15) is 35.4 Å². The highest BCUT2D eigenvalue weighted by molar-refractivity contribution is 7.12. The fraction of sp³-hybridized carbons (Fsp3) is 0.500. The molecule has 1 fully saturated rings. The molecule has 18 heavy (non-hydrogen) atoms. The van der Waals surface area contributed by atoms with E-state index < -0.39 is 5.97 Å². The van der Waals surface area contributed by atoms with Gasteiger partial charge in [0.05, 0.1) is 0 Å². The lowest BCUT2D eigenvalue weighted by atomic mass is 10.2. The molecule has 0 saturated heterocycles. The first-order valence-corrected chi connectivity index (χ1v) is 7.17. The number of hydrogen-bond donors (Lipinski definition) is 1. The fourth-order valence-electron chi connectivity index (χ4n) is 2.44. The van der Waals surface area contributed by atoms with Crippen LogP contribution in [0.2, 0.25) is 0 Å². The zero-order chi connectivity index (χ0) is 13.0. The van der Waals surface area contributed by atoms with Gasteiger partial charge in [0.2, 0.25) is 0 Å². The number of rotatable bonds is 5. The van der Waals surface area contributed by atoms with Crippen molar-refractivity contribution in [3.8, 4) is 0 Å². The molecule has 4 heteroatoms. The topological polar surface area (TPSA) is 40.5 Å². The van der Waals surface area contributed by atoms with Crippen LogP contribution in [0.15, 0.2) is 18.2 Å². The lowest BCUT2D eigenvalue weighted by Crippen LogP contribution is -2.28. The Morgan fingerprint density at radius 3 is 2.89 bits per heavy atom. The van der Waals surface area contributed by atoms with Gasteiger partial charge in [0.1, 0.15) is 0 Å². The van der Waals surface area contributed by atoms with Crippen molar-refractivity contribution in [3.63, 3.8) is 0 Å². The molecule has 2 rings (SSSR count). The maximum Gasteiger partial charge on any atom is 0.328 e. The van der Waals surface area contributed by atoms with Gasteiger partial charge in [-0.25, -0.2) is 4.79 Å². The summed E-state index contributed by atoms with van der Waals surface area (Å²) in [5.74, 6) is -0.895. The molecule has 1 aliphatic carbocycles. The summed E-state index contributed by atoms with van der Waals surface area (Å²) in [6.45, 7) is 0.968. The van der Waals surface area contributed by atoms with Gasteiger partial charge < -0.3 is 5.11 Å². The van der Waals surface area contributed by atoms with Crippen LogP contribution < -0.4 is 0 Å². The van der Waals surface area contributed by atoms with E-state index in [0.717, 1.165) is 17.5 Å². The summed E-state index contributed by atoms with van der Waals surface area (Å²) in [7, 11) is 2.18. The largest absolute Gasteiger partial charge is 0.478 e. The van der Waals surface area contributed by atoms with E-state index in [-0.39, 0.29) is 0 Å². The lowest BCUT2D eigenvalue weighted by molar-refractivity contribution is -0.131. The number of carbonyl (C=O) groups is 1. The minimum atomic E-state index is -0.895. The molecule has 1 aromatic heterocycles. The van der Waals surface area contributed by atoms with Crippen molar-refractivity contribution < 1.29 is 9.90 Å². The zero-order valence-corrected chi connectivity index (χ0v) is 11.4. The van der Waals surface area contributed by atoms with Crippen LogP contribution in [0.5, 0.6) is 0 Å². The van der Waals surface area contributed by atoms with Gasteiger partial charge in [-0.15, -0.1) is 11.3 Å². The predicted molar refractivity (Wildman–Crippen MR) is 74.7 cm³/mol. The van der Waals surface area contributed by atoms with E-state index in [0.29, 0.717) is 0 Å². The second-order valence-corrected chi connectivity index (χ2v) is 6.03. The van der Waals surface area contributed by atoms with Gasteiger partial charge in [0.15, 0.2) is 0 Å². The highest BCUT2D eigenvalue weighted by atomic mass is 32.1. The highest BCUT2D eigenvalue weighted by Crippen LogP contribution is 2.25. The molecule has 0 unspecified atom stereocenters. The Kier molecular flexibility index (Phi) is 4.55. The van der Waals surface area contributed by atoms with E-state index in [2.05, 4.69) is 18.0 Å². The Morgan fingerprint density at radius 2 is 2.22 bits per heavy atom. The van der Waals surface area contributed by atoms with Crippen LogP contribution in [-0.4, -0.2) is 29.1 Å². The Morgan fingerprint density at radius 1 is 1.50 bits per heavy atom. The van der Waals surface area contributed by atoms with Crippen molar-refractivity contribution in [2.24, 2.45) is 0 Å². The molecule has 0 amide bonds. The van der Waals surface area contributed by atoms with Gasteiger partial charge in [0.25, 0.3) is 0 Å². The normalized spacial score (nSPS) is 17.0. The smallest absolute Gasteiger partial charge is 0.328 e. The third-order valence-electron chi connectivity index (χ3n) is 3.43. The second-order valence-electron chi connectivity index (χ2n) is 4.83. The Bertz CT molecular complexity index is 433. The van der Waals surface area contributed by atoms with E-state index in [1.54, 1.807) is 17.4 Å². The molecule has 0 bridgehead atoms. The van der Waals surface area contributed by atoms with Crippen molar-refractivity contribution in [1.29, 1.82) is 0 Å². The van der Waals surface area contributed by atoms with Crippen LogP contribution >= 0.6 is 11.3 Å². The van der Waals surface area contributed by atoms with Crippen LogP contribution in [0.25, 0.3) is 6.08 Å². The summed E-state index contributed by atoms with van der Waals surface area (Å²) in [4.78, 5) is 15.2. The van der Waals surface area contributed by atoms with Crippen molar-refractivity contribution in [2.45, 2.75) is 38.3 Å². The monoisotopic (exact) mass is 265 g/mol. The molecular formula is C14H19NO2S. The molecular weight excluding hydrogens is 246 g/mol. The van der Waals surface area contributed by atoms with E-state index in [1.165, 1.54) is 36.6 Å². The Balaban J connectivity index is 1.91. The summed E-state index contributed by atoms with van der Waals surface area (Å²) in [6.07, 6.45) is 8.18. The molecule has 0 aromatic carbocycles. The van der Waals surface area contributed by atoms with E-state index in [9.17, 15) is 4.79 Å². The predicted octanol–water partition coefficient (Wildman–Crippen LogP) is 3.22. The minimum absolute atomic E-state index is 0.727. The van der Waals surface area contributed by atoms with Crippen LogP contribution in [0.4, 0.5) is 0 Å². The average molecular weight is 265 g/mol. The van der Waals surface area contributed by atoms with Crippen molar-refractivity contribution in [2.75, 3.05) is 7.05 Å². The number of carboxylic acids is 1. The van der Waals surface area contributed by atoms with Crippen LogP contribution in [-0.2, 0) is 11.3 Å². The molecule has 1 aromatic rings. The van der Waals surface area contributed by atoms with Crippen molar-refractivity contribution in [3.05, 3.63) is 28.0 Å². The first-order chi connectivity index (χ1) is 8.65. The van der Waals surface area contributed by atoms with Gasteiger partial charge >= 0.3 is 5.97 Å². The van der Waals surface area contributed by atoms with Gasteiger partial charge in [0, 0.05) is 28.4 Å². The summed E-state index contributed by atoms with van der Waals surface area (Å²) >= 11 is 1.67. The van der Waals surface area contributed by atoms with E-state index >= 15 is 0 Å². The van der Waals surface area contributed by atoms with E-state index in [4.69, 9.17) is 5.11 Å². The molecule has 0 atom stereocenters. The molecule has 3 nitrogen and oxygen atoms in total. The number of thiophene rings is 1. The lowest BCUT2D eigenvalue weighted by Gasteiger charge is -2.23. The molecule has 1 saturated carbocycles. The van der Waals surface area contributed by atoms with Crippen molar-refractivity contribution >= 4 is 23.4 Å². The third-order valence-corrected chi connectivity index (χ3v) is 4.46. The Labute approximate surface area is 112 Å². The number of hydrogen-bond acceptors (Lipinski definition) is 3. The summed E-state index contributed by atoms with van der Waals surface area (Å²) in [5.41, 5.74) is 0. The van der Waals surface area contributed by atoms with Gasteiger partial charge in [-0.3, -0.25) is 4.90 Å². The zero-order valence-electron chi connectivity index (χ0n) is 10.6. The molecule has 1 heterocycles. The van der Waals surface area contributed by atoms with E-state index in [1.807, 2.05) is 6.07 Å². The van der Waals surface area contributed by atoms with Crippen molar-refractivity contribution in [1.82, 2.24) is 4.90 Å². The highest BCUT2D eigenvalue weighted by Gasteiger charge is 2.19. The third kappa shape index (κ3) is 3.68.